The van der Waals surface area contributed by atoms with Crippen LogP contribution in [0.2, 0.25) is 0 Å². The predicted molar refractivity (Wildman–Crippen MR) is 107 cm³/mol. The Morgan fingerprint density at radius 3 is 2.60 bits per heavy atom. The highest BCUT2D eigenvalue weighted by atomic mass is 19.4. The molecule has 4 rings (SSSR count). The van der Waals surface area contributed by atoms with E-state index in [0.29, 0.717) is 12.1 Å². The summed E-state index contributed by atoms with van der Waals surface area (Å²) in [6, 6.07) is 13.6. The van der Waals surface area contributed by atoms with Gasteiger partial charge in [-0.1, -0.05) is 12.1 Å². The molecule has 2 heterocycles. The molecule has 0 fully saturated rings. The van der Waals surface area contributed by atoms with E-state index in [1.165, 1.54) is 12.1 Å². The number of aromatic nitrogens is 2. The fourth-order valence-corrected chi connectivity index (χ4v) is 3.67. The number of benzene rings is 2. The van der Waals surface area contributed by atoms with Crippen molar-refractivity contribution in [2.75, 3.05) is 19.0 Å². The van der Waals surface area contributed by atoms with Crippen LogP contribution >= 0.6 is 0 Å². The van der Waals surface area contributed by atoms with Crippen LogP contribution in [0.25, 0.3) is 5.69 Å². The Labute approximate surface area is 172 Å². The van der Waals surface area contributed by atoms with Crippen molar-refractivity contribution in [1.82, 2.24) is 9.78 Å². The molecule has 1 aliphatic heterocycles. The maximum absolute atomic E-state index is 12.4. The van der Waals surface area contributed by atoms with E-state index in [4.69, 9.17) is 9.84 Å². The number of fused-ring (bicyclic) bond motifs is 1. The van der Waals surface area contributed by atoms with E-state index in [2.05, 4.69) is 10.1 Å². The summed E-state index contributed by atoms with van der Waals surface area (Å²) in [5.41, 5.74) is 3.85. The third kappa shape index (κ3) is 4.53. The molecule has 0 atom stereocenters. The molecule has 0 bridgehead atoms. The average molecular weight is 417 g/mol. The van der Waals surface area contributed by atoms with Crippen molar-refractivity contribution in [3.05, 3.63) is 65.4 Å². The molecule has 0 amide bonds. The Balaban J connectivity index is 1.68. The van der Waals surface area contributed by atoms with Crippen LogP contribution in [0.15, 0.2) is 48.5 Å². The number of halogens is 3. The number of hydrogen-bond donors (Lipinski definition) is 1. The number of anilines is 1. The van der Waals surface area contributed by atoms with Crippen LogP contribution < -0.4 is 14.8 Å². The number of ether oxygens (including phenoxy) is 2. The topological polar surface area (TPSA) is 48.3 Å². The standard InChI is InChI=1S/C22H22F3N3O2/c1-29-18-6-4-5-15(13-18)14-20-19-7-2-3-12-26-21(19)28(27-20)16-8-10-17(11-9-16)30-22(23,24)25/h4-6,8-11,13,26H,2-3,7,12,14H2,1H3. The highest BCUT2D eigenvalue weighted by molar-refractivity contribution is 5.55. The van der Waals surface area contributed by atoms with Gasteiger partial charge in [0.05, 0.1) is 18.5 Å². The van der Waals surface area contributed by atoms with Gasteiger partial charge in [-0.2, -0.15) is 5.10 Å². The zero-order chi connectivity index (χ0) is 21.1. The molecule has 0 spiro atoms. The molecule has 0 aliphatic carbocycles. The van der Waals surface area contributed by atoms with Crippen molar-refractivity contribution in [2.45, 2.75) is 32.0 Å². The largest absolute Gasteiger partial charge is 0.573 e. The van der Waals surface area contributed by atoms with E-state index in [9.17, 15) is 13.2 Å². The van der Waals surface area contributed by atoms with Crippen LogP contribution in [0.5, 0.6) is 11.5 Å². The van der Waals surface area contributed by atoms with Crippen molar-refractivity contribution < 1.29 is 22.6 Å². The molecule has 0 saturated heterocycles. The first-order chi connectivity index (χ1) is 14.4. The Kier molecular flexibility index (Phi) is 5.57. The lowest BCUT2D eigenvalue weighted by atomic mass is 10.0. The summed E-state index contributed by atoms with van der Waals surface area (Å²) >= 11 is 0. The molecule has 5 nitrogen and oxygen atoms in total. The van der Waals surface area contributed by atoms with Gasteiger partial charge in [-0.25, -0.2) is 4.68 Å². The normalized spacial score (nSPS) is 13.9. The van der Waals surface area contributed by atoms with Crippen molar-refractivity contribution in [3.63, 3.8) is 0 Å². The maximum Gasteiger partial charge on any atom is 0.573 e. The molecule has 1 aliphatic rings. The first-order valence-corrected chi connectivity index (χ1v) is 9.77. The van der Waals surface area contributed by atoms with Gasteiger partial charge in [-0.3, -0.25) is 0 Å². The summed E-state index contributed by atoms with van der Waals surface area (Å²) in [6.07, 6.45) is -1.07. The summed E-state index contributed by atoms with van der Waals surface area (Å²) in [6.45, 7) is 0.826. The summed E-state index contributed by atoms with van der Waals surface area (Å²) in [5, 5.41) is 8.25. The van der Waals surface area contributed by atoms with Crippen molar-refractivity contribution >= 4 is 5.82 Å². The molecular weight excluding hydrogens is 395 g/mol. The molecule has 158 valence electrons. The van der Waals surface area contributed by atoms with Crippen LogP contribution in [0.1, 0.15) is 29.7 Å². The van der Waals surface area contributed by atoms with Gasteiger partial charge in [0.2, 0.25) is 0 Å². The van der Waals surface area contributed by atoms with Gasteiger partial charge >= 0.3 is 6.36 Å². The smallest absolute Gasteiger partial charge is 0.497 e. The van der Waals surface area contributed by atoms with E-state index < -0.39 is 6.36 Å². The molecule has 30 heavy (non-hydrogen) atoms. The molecule has 8 heteroatoms. The van der Waals surface area contributed by atoms with E-state index in [-0.39, 0.29) is 5.75 Å². The number of nitrogens with zero attached hydrogens (tertiary/aromatic N) is 2. The second-order valence-corrected chi connectivity index (χ2v) is 7.14. The molecule has 0 saturated carbocycles. The quantitative estimate of drug-likeness (QED) is 0.626. The monoisotopic (exact) mass is 417 g/mol. The third-order valence-corrected chi connectivity index (χ3v) is 5.03. The lowest BCUT2D eigenvalue weighted by Gasteiger charge is -2.11. The zero-order valence-electron chi connectivity index (χ0n) is 16.5. The van der Waals surface area contributed by atoms with E-state index in [1.807, 2.05) is 24.3 Å². The Hall–Kier alpha value is -3.16. The molecule has 2 aromatic carbocycles. The lowest BCUT2D eigenvalue weighted by Crippen LogP contribution is -2.17. The predicted octanol–water partition coefficient (Wildman–Crippen LogP) is 5.12. The van der Waals surface area contributed by atoms with Crippen LogP contribution in [0.4, 0.5) is 19.0 Å². The number of nitrogens with one attached hydrogen (secondary N) is 1. The minimum absolute atomic E-state index is 0.256. The zero-order valence-corrected chi connectivity index (χ0v) is 16.5. The fourth-order valence-electron chi connectivity index (χ4n) is 3.67. The Bertz CT molecular complexity index is 1010. The van der Waals surface area contributed by atoms with E-state index in [1.54, 1.807) is 23.9 Å². The molecule has 0 radical (unpaired) electrons. The highest BCUT2D eigenvalue weighted by Gasteiger charge is 2.31. The molecular formula is C22H22F3N3O2. The van der Waals surface area contributed by atoms with Gasteiger partial charge < -0.3 is 14.8 Å². The molecule has 3 aromatic rings. The third-order valence-electron chi connectivity index (χ3n) is 5.03. The number of hydrogen-bond acceptors (Lipinski definition) is 4. The number of alkyl halides is 3. The van der Waals surface area contributed by atoms with Gasteiger partial charge in [0, 0.05) is 18.5 Å². The number of methoxy groups -OCH3 is 1. The van der Waals surface area contributed by atoms with Crippen LogP contribution in [-0.4, -0.2) is 29.8 Å². The molecule has 1 N–H and O–H groups in total. The first-order valence-electron chi connectivity index (χ1n) is 9.77. The summed E-state index contributed by atoms with van der Waals surface area (Å²) < 4.78 is 48.4. The van der Waals surface area contributed by atoms with E-state index in [0.717, 1.165) is 54.2 Å². The first kappa shape index (κ1) is 20.1. The lowest BCUT2D eigenvalue weighted by molar-refractivity contribution is -0.274. The van der Waals surface area contributed by atoms with Crippen LogP contribution in [-0.2, 0) is 12.8 Å². The van der Waals surface area contributed by atoms with Gasteiger partial charge in [0.1, 0.15) is 17.3 Å². The SMILES string of the molecule is COc1cccc(Cc2nn(-c3ccc(OC(F)(F)F)cc3)c3c2CCCCN3)c1. The molecule has 1 aromatic heterocycles. The summed E-state index contributed by atoms with van der Waals surface area (Å²) in [5.74, 6) is 1.43. The van der Waals surface area contributed by atoms with Crippen molar-refractivity contribution in [3.8, 4) is 17.2 Å². The summed E-state index contributed by atoms with van der Waals surface area (Å²) in [4.78, 5) is 0. The average Bonchev–Trinajstić information content (AvgIpc) is 2.89. The van der Waals surface area contributed by atoms with Gasteiger partial charge in [0.25, 0.3) is 0 Å². The Morgan fingerprint density at radius 1 is 1.07 bits per heavy atom. The van der Waals surface area contributed by atoms with Crippen molar-refractivity contribution in [1.29, 1.82) is 0 Å². The van der Waals surface area contributed by atoms with Crippen LogP contribution in [0.3, 0.4) is 0 Å². The fraction of sp³-hybridized carbons (Fsp3) is 0.318. The second kappa shape index (κ2) is 8.30. The second-order valence-electron chi connectivity index (χ2n) is 7.14. The minimum Gasteiger partial charge on any atom is -0.497 e. The highest BCUT2D eigenvalue weighted by Crippen LogP contribution is 2.31. The Morgan fingerprint density at radius 2 is 1.87 bits per heavy atom. The molecule has 0 unspecified atom stereocenters. The minimum atomic E-state index is -4.71. The van der Waals surface area contributed by atoms with Gasteiger partial charge in [-0.05, 0) is 61.2 Å². The maximum atomic E-state index is 12.4. The van der Waals surface area contributed by atoms with Gasteiger partial charge in [-0.15, -0.1) is 13.2 Å². The van der Waals surface area contributed by atoms with Gasteiger partial charge in [0.15, 0.2) is 0 Å². The van der Waals surface area contributed by atoms with Crippen LogP contribution in [0, 0.1) is 0 Å². The summed E-state index contributed by atoms with van der Waals surface area (Å²) in [7, 11) is 1.63. The van der Waals surface area contributed by atoms with Crippen molar-refractivity contribution in [2.24, 2.45) is 0 Å². The number of rotatable bonds is 5. The van der Waals surface area contributed by atoms with E-state index >= 15 is 0 Å².